The normalized spacial score (nSPS) is 14.8. The van der Waals surface area contributed by atoms with Crippen LogP contribution in [-0.4, -0.2) is 25.7 Å². The number of pyridine rings is 1. The molecule has 90 valence electrons. The van der Waals surface area contributed by atoms with Crippen molar-refractivity contribution in [3.05, 3.63) is 29.8 Å². The molecule has 2 unspecified atom stereocenters. The van der Waals surface area contributed by atoms with Gasteiger partial charge in [0, 0.05) is 19.9 Å². The van der Waals surface area contributed by atoms with E-state index >= 15 is 0 Å². The van der Waals surface area contributed by atoms with Crippen molar-refractivity contribution in [2.75, 3.05) is 20.8 Å². The molecule has 1 heterocycles. The van der Waals surface area contributed by atoms with Gasteiger partial charge >= 0.3 is 0 Å². The van der Waals surface area contributed by atoms with E-state index in [1.54, 1.807) is 19.4 Å². The van der Waals surface area contributed by atoms with Crippen LogP contribution in [0, 0.1) is 11.7 Å². The lowest BCUT2D eigenvalue weighted by atomic mass is 9.95. The molecule has 1 N–H and O–H groups in total. The van der Waals surface area contributed by atoms with E-state index in [9.17, 15) is 4.39 Å². The number of hydrogen-bond donors (Lipinski definition) is 1. The van der Waals surface area contributed by atoms with Gasteiger partial charge in [-0.1, -0.05) is 6.92 Å². The molecule has 0 aliphatic carbocycles. The predicted molar refractivity (Wildman–Crippen MR) is 61.7 cm³/mol. The van der Waals surface area contributed by atoms with Gasteiger partial charge in [0.15, 0.2) is 0 Å². The second-order valence-corrected chi connectivity index (χ2v) is 3.90. The number of rotatable bonds is 6. The van der Waals surface area contributed by atoms with Crippen LogP contribution in [0.2, 0.25) is 0 Å². The highest BCUT2D eigenvalue weighted by Crippen LogP contribution is 2.24. The van der Waals surface area contributed by atoms with Crippen LogP contribution in [0.15, 0.2) is 18.3 Å². The number of halogens is 1. The zero-order valence-corrected chi connectivity index (χ0v) is 10.0. The Bertz CT molecular complexity index is 320. The molecule has 0 aliphatic rings. The standard InChI is InChI=1S/C12H19FN2O/c1-9(6-8-16-3)11(14-2)12-10(13)5-4-7-15-12/h4-5,7,9,11,14H,6,8H2,1-3H3. The number of aromatic nitrogens is 1. The van der Waals surface area contributed by atoms with E-state index in [1.165, 1.54) is 6.07 Å². The average Bonchev–Trinajstić information content (AvgIpc) is 2.30. The second kappa shape index (κ2) is 6.55. The van der Waals surface area contributed by atoms with Crippen molar-refractivity contribution in [2.24, 2.45) is 5.92 Å². The minimum absolute atomic E-state index is 0.0728. The number of nitrogens with zero attached hydrogens (tertiary/aromatic N) is 1. The summed E-state index contributed by atoms with van der Waals surface area (Å²) >= 11 is 0. The molecule has 0 saturated heterocycles. The molecule has 2 atom stereocenters. The summed E-state index contributed by atoms with van der Waals surface area (Å²) in [6.07, 6.45) is 2.49. The molecule has 0 saturated carbocycles. The molecule has 0 amide bonds. The fourth-order valence-corrected chi connectivity index (χ4v) is 1.79. The van der Waals surface area contributed by atoms with Crippen LogP contribution in [0.5, 0.6) is 0 Å². The lowest BCUT2D eigenvalue weighted by Crippen LogP contribution is -2.26. The van der Waals surface area contributed by atoms with Crippen LogP contribution >= 0.6 is 0 Å². The van der Waals surface area contributed by atoms with Gasteiger partial charge in [0.1, 0.15) is 5.82 Å². The number of hydrogen-bond acceptors (Lipinski definition) is 3. The summed E-state index contributed by atoms with van der Waals surface area (Å²) in [5.41, 5.74) is 0.480. The molecule has 0 bridgehead atoms. The van der Waals surface area contributed by atoms with Crippen molar-refractivity contribution in [2.45, 2.75) is 19.4 Å². The third-order valence-electron chi connectivity index (χ3n) is 2.74. The fourth-order valence-electron chi connectivity index (χ4n) is 1.79. The minimum Gasteiger partial charge on any atom is -0.385 e. The Labute approximate surface area is 96.0 Å². The Kier molecular flexibility index (Phi) is 5.35. The van der Waals surface area contributed by atoms with E-state index in [0.29, 0.717) is 12.3 Å². The van der Waals surface area contributed by atoms with Gasteiger partial charge in [-0.15, -0.1) is 0 Å². The van der Waals surface area contributed by atoms with Gasteiger partial charge in [-0.25, -0.2) is 4.39 Å². The topological polar surface area (TPSA) is 34.2 Å². The zero-order valence-electron chi connectivity index (χ0n) is 10.0. The van der Waals surface area contributed by atoms with Crippen LogP contribution in [-0.2, 0) is 4.74 Å². The Hall–Kier alpha value is -1.00. The predicted octanol–water partition coefficient (Wildman–Crippen LogP) is 2.15. The summed E-state index contributed by atoms with van der Waals surface area (Å²) in [6, 6.07) is 2.97. The maximum Gasteiger partial charge on any atom is 0.146 e. The van der Waals surface area contributed by atoms with E-state index in [1.807, 2.05) is 7.05 Å². The number of ether oxygens (including phenoxy) is 1. The van der Waals surface area contributed by atoms with Crippen molar-refractivity contribution in [1.82, 2.24) is 10.3 Å². The highest BCUT2D eigenvalue weighted by atomic mass is 19.1. The van der Waals surface area contributed by atoms with Crippen molar-refractivity contribution < 1.29 is 9.13 Å². The van der Waals surface area contributed by atoms with Crippen molar-refractivity contribution in [3.8, 4) is 0 Å². The first-order chi connectivity index (χ1) is 7.70. The van der Waals surface area contributed by atoms with Crippen LogP contribution in [0.4, 0.5) is 4.39 Å². The van der Waals surface area contributed by atoms with Gasteiger partial charge in [-0.2, -0.15) is 0 Å². The van der Waals surface area contributed by atoms with Crippen LogP contribution in [0.3, 0.4) is 0 Å². The van der Waals surface area contributed by atoms with E-state index in [2.05, 4.69) is 17.2 Å². The Morgan fingerprint density at radius 3 is 2.88 bits per heavy atom. The average molecular weight is 226 g/mol. The van der Waals surface area contributed by atoms with Gasteiger partial charge < -0.3 is 10.1 Å². The molecule has 0 aromatic carbocycles. The lowest BCUT2D eigenvalue weighted by Gasteiger charge is -2.23. The SMILES string of the molecule is CNC(c1ncccc1F)C(C)CCOC. The van der Waals surface area contributed by atoms with E-state index in [0.717, 1.165) is 6.42 Å². The van der Waals surface area contributed by atoms with Gasteiger partial charge in [-0.05, 0) is 31.5 Å². The molecular weight excluding hydrogens is 207 g/mol. The molecule has 0 spiro atoms. The number of methoxy groups -OCH3 is 1. The molecule has 0 radical (unpaired) electrons. The molecule has 3 nitrogen and oxygen atoms in total. The number of nitrogens with one attached hydrogen (secondary N) is 1. The van der Waals surface area contributed by atoms with Gasteiger partial charge in [-0.3, -0.25) is 4.98 Å². The van der Waals surface area contributed by atoms with Gasteiger partial charge in [0.25, 0.3) is 0 Å². The first-order valence-corrected chi connectivity index (χ1v) is 5.47. The maximum atomic E-state index is 13.6. The zero-order chi connectivity index (χ0) is 12.0. The molecule has 0 aliphatic heterocycles. The van der Waals surface area contributed by atoms with Crippen LogP contribution in [0.25, 0.3) is 0 Å². The minimum atomic E-state index is -0.258. The second-order valence-electron chi connectivity index (χ2n) is 3.90. The molecule has 0 fully saturated rings. The van der Waals surface area contributed by atoms with E-state index in [4.69, 9.17) is 4.74 Å². The highest BCUT2D eigenvalue weighted by Gasteiger charge is 2.21. The largest absolute Gasteiger partial charge is 0.385 e. The summed E-state index contributed by atoms with van der Waals surface area (Å²) in [4.78, 5) is 4.10. The van der Waals surface area contributed by atoms with Crippen LogP contribution in [0.1, 0.15) is 25.1 Å². The lowest BCUT2D eigenvalue weighted by molar-refractivity contribution is 0.170. The summed E-state index contributed by atoms with van der Waals surface area (Å²) in [7, 11) is 3.49. The smallest absolute Gasteiger partial charge is 0.146 e. The molecule has 16 heavy (non-hydrogen) atoms. The van der Waals surface area contributed by atoms with Gasteiger partial charge in [0.05, 0.1) is 11.7 Å². The third-order valence-corrected chi connectivity index (χ3v) is 2.74. The first-order valence-electron chi connectivity index (χ1n) is 5.47. The molecule has 1 aromatic rings. The summed E-state index contributed by atoms with van der Waals surface area (Å²) < 4.78 is 18.6. The van der Waals surface area contributed by atoms with Crippen LogP contribution < -0.4 is 5.32 Å². The Morgan fingerprint density at radius 1 is 1.56 bits per heavy atom. The Balaban J connectivity index is 2.77. The monoisotopic (exact) mass is 226 g/mol. The van der Waals surface area contributed by atoms with Crippen molar-refractivity contribution in [3.63, 3.8) is 0 Å². The van der Waals surface area contributed by atoms with Crippen molar-refractivity contribution in [1.29, 1.82) is 0 Å². The van der Waals surface area contributed by atoms with E-state index in [-0.39, 0.29) is 17.8 Å². The Morgan fingerprint density at radius 2 is 2.31 bits per heavy atom. The summed E-state index contributed by atoms with van der Waals surface area (Å²) in [5.74, 6) is 0.0143. The van der Waals surface area contributed by atoms with Gasteiger partial charge in [0.2, 0.25) is 0 Å². The quantitative estimate of drug-likeness (QED) is 0.807. The molecule has 1 rings (SSSR count). The van der Waals surface area contributed by atoms with Crippen molar-refractivity contribution >= 4 is 0 Å². The fraction of sp³-hybridized carbons (Fsp3) is 0.583. The summed E-state index contributed by atoms with van der Waals surface area (Å²) in [5, 5.41) is 3.11. The molecule has 1 aromatic heterocycles. The third kappa shape index (κ3) is 3.25. The van der Waals surface area contributed by atoms with E-state index < -0.39 is 0 Å². The first kappa shape index (κ1) is 13.1. The molecule has 4 heteroatoms. The molecular formula is C12H19FN2O. The highest BCUT2D eigenvalue weighted by molar-refractivity contribution is 5.12. The maximum absolute atomic E-state index is 13.6. The summed E-state index contributed by atoms with van der Waals surface area (Å²) in [6.45, 7) is 2.74.